The van der Waals surface area contributed by atoms with Gasteiger partial charge in [-0.25, -0.2) is 4.39 Å². The molecule has 0 N–H and O–H groups in total. The van der Waals surface area contributed by atoms with Crippen LogP contribution in [0, 0.1) is 5.82 Å². The maximum Gasteiger partial charge on any atom is 0.254 e. The monoisotopic (exact) mass is 416 g/mol. The lowest BCUT2D eigenvalue weighted by Gasteiger charge is -2.31. The fourth-order valence-corrected chi connectivity index (χ4v) is 4.56. The van der Waals surface area contributed by atoms with Crippen molar-refractivity contribution < 1.29 is 18.7 Å². The summed E-state index contributed by atoms with van der Waals surface area (Å²) in [6.45, 7) is 4.63. The van der Waals surface area contributed by atoms with Crippen molar-refractivity contribution in [3.63, 3.8) is 0 Å². The van der Waals surface area contributed by atoms with Crippen LogP contribution in [0.25, 0.3) is 0 Å². The van der Waals surface area contributed by atoms with Crippen LogP contribution < -0.4 is 4.74 Å². The molecule has 0 aromatic heterocycles. The number of methoxy groups -OCH3 is 1. The largest absolute Gasteiger partial charge is 0.497 e. The molecular weight excluding hydrogens is 391 g/mol. The lowest BCUT2D eigenvalue weighted by Crippen LogP contribution is -2.43. The van der Waals surface area contributed by atoms with Gasteiger partial charge in [-0.2, -0.15) is 0 Å². The lowest BCUT2D eigenvalue weighted by atomic mass is 10.1. The summed E-state index contributed by atoms with van der Waals surface area (Å²) in [6, 6.07) is 13.3. The van der Waals surface area contributed by atoms with E-state index in [1.807, 2.05) is 38.1 Å². The van der Waals surface area contributed by atoms with Gasteiger partial charge in [0.15, 0.2) is 0 Å². The third kappa shape index (κ3) is 4.90. The Bertz CT molecular complexity index is 873. The summed E-state index contributed by atoms with van der Waals surface area (Å²) in [6.07, 6.45) is 0. The highest BCUT2D eigenvalue weighted by atomic mass is 32.2. The predicted molar refractivity (Wildman–Crippen MR) is 112 cm³/mol. The van der Waals surface area contributed by atoms with E-state index in [1.54, 1.807) is 34.7 Å². The van der Waals surface area contributed by atoms with Crippen LogP contribution in [0.3, 0.4) is 0 Å². The van der Waals surface area contributed by atoms with Gasteiger partial charge in [-0.15, -0.1) is 11.8 Å². The van der Waals surface area contributed by atoms with Gasteiger partial charge < -0.3 is 14.5 Å². The minimum absolute atomic E-state index is 0.0535. The number of carbonyl (C=O) groups is 2. The Balaban J connectivity index is 1.73. The van der Waals surface area contributed by atoms with Gasteiger partial charge in [-0.3, -0.25) is 9.59 Å². The van der Waals surface area contributed by atoms with Crippen LogP contribution in [0.2, 0.25) is 0 Å². The third-order valence-electron chi connectivity index (χ3n) is 4.91. The Morgan fingerprint density at radius 3 is 2.62 bits per heavy atom. The normalized spacial score (nSPS) is 16.4. The standard InChI is InChI=1S/C22H25FN2O3S/c1-15(2)24(21(27)17-5-4-6-18(23)13-17)11-12-25-20(26)14-29-22(25)16-7-9-19(28-3)10-8-16/h4-10,13,15,22H,11-12,14H2,1-3H3. The van der Waals surface area contributed by atoms with Crippen molar-refractivity contribution in [3.8, 4) is 5.75 Å². The Morgan fingerprint density at radius 1 is 1.28 bits per heavy atom. The molecule has 0 saturated carbocycles. The summed E-state index contributed by atoms with van der Waals surface area (Å²) < 4.78 is 18.7. The molecule has 154 valence electrons. The van der Waals surface area contributed by atoms with E-state index in [0.29, 0.717) is 24.4 Å². The Morgan fingerprint density at radius 2 is 2.00 bits per heavy atom. The SMILES string of the molecule is COc1ccc(C2SCC(=O)N2CCN(C(=O)c2cccc(F)c2)C(C)C)cc1. The molecule has 1 saturated heterocycles. The second-order valence-corrected chi connectivity index (χ2v) is 8.19. The molecule has 0 aliphatic carbocycles. The van der Waals surface area contributed by atoms with Gasteiger partial charge in [0, 0.05) is 24.7 Å². The number of hydrogen-bond acceptors (Lipinski definition) is 4. The summed E-state index contributed by atoms with van der Waals surface area (Å²) in [5.41, 5.74) is 1.33. The molecular formula is C22H25FN2O3S. The lowest BCUT2D eigenvalue weighted by molar-refractivity contribution is -0.128. The Kier molecular flexibility index (Phi) is 6.79. The van der Waals surface area contributed by atoms with Crippen molar-refractivity contribution in [2.75, 3.05) is 26.0 Å². The zero-order valence-electron chi connectivity index (χ0n) is 16.8. The first-order valence-corrected chi connectivity index (χ1v) is 10.6. The molecule has 5 nitrogen and oxygen atoms in total. The summed E-state index contributed by atoms with van der Waals surface area (Å²) in [5, 5.41) is -0.0910. The smallest absolute Gasteiger partial charge is 0.254 e. The molecule has 0 spiro atoms. The highest BCUT2D eigenvalue weighted by Crippen LogP contribution is 2.38. The van der Waals surface area contributed by atoms with Crippen molar-refractivity contribution in [2.24, 2.45) is 0 Å². The van der Waals surface area contributed by atoms with Gasteiger partial charge in [0.25, 0.3) is 5.91 Å². The van der Waals surface area contributed by atoms with Crippen LogP contribution in [0.4, 0.5) is 4.39 Å². The van der Waals surface area contributed by atoms with E-state index < -0.39 is 5.82 Å². The third-order valence-corrected chi connectivity index (χ3v) is 6.16. The van der Waals surface area contributed by atoms with E-state index in [4.69, 9.17) is 4.74 Å². The molecule has 1 aliphatic heterocycles. The van der Waals surface area contributed by atoms with Gasteiger partial charge in [-0.05, 0) is 49.7 Å². The number of thioether (sulfide) groups is 1. The molecule has 29 heavy (non-hydrogen) atoms. The quantitative estimate of drug-likeness (QED) is 0.686. The average molecular weight is 417 g/mol. The minimum atomic E-state index is -0.440. The van der Waals surface area contributed by atoms with E-state index in [1.165, 1.54) is 18.2 Å². The summed E-state index contributed by atoms with van der Waals surface area (Å²) in [7, 11) is 1.62. The van der Waals surface area contributed by atoms with Gasteiger partial charge in [-0.1, -0.05) is 18.2 Å². The minimum Gasteiger partial charge on any atom is -0.497 e. The van der Waals surface area contributed by atoms with Crippen LogP contribution >= 0.6 is 11.8 Å². The zero-order valence-corrected chi connectivity index (χ0v) is 17.6. The molecule has 3 rings (SSSR count). The Labute approximate surface area is 174 Å². The van der Waals surface area contributed by atoms with E-state index >= 15 is 0 Å². The van der Waals surface area contributed by atoms with Gasteiger partial charge >= 0.3 is 0 Å². The van der Waals surface area contributed by atoms with Crippen LogP contribution in [-0.2, 0) is 4.79 Å². The van der Waals surface area contributed by atoms with Crippen molar-refractivity contribution in [3.05, 3.63) is 65.5 Å². The molecule has 2 aromatic rings. The first-order chi connectivity index (χ1) is 13.9. The van der Waals surface area contributed by atoms with E-state index in [9.17, 15) is 14.0 Å². The molecule has 1 atom stereocenters. The number of carbonyl (C=O) groups excluding carboxylic acids is 2. The number of amides is 2. The molecule has 1 fully saturated rings. The molecule has 0 bridgehead atoms. The molecule has 0 radical (unpaired) electrons. The van der Waals surface area contributed by atoms with E-state index in [2.05, 4.69) is 0 Å². The van der Waals surface area contributed by atoms with Crippen LogP contribution in [0.15, 0.2) is 48.5 Å². The number of halogens is 1. The fourth-order valence-electron chi connectivity index (χ4n) is 3.34. The highest BCUT2D eigenvalue weighted by molar-refractivity contribution is 8.00. The Hall–Kier alpha value is -2.54. The predicted octanol–water partition coefficient (Wildman–Crippen LogP) is 3.96. The summed E-state index contributed by atoms with van der Waals surface area (Å²) >= 11 is 1.57. The van der Waals surface area contributed by atoms with Crippen LogP contribution in [0.1, 0.15) is 35.1 Å². The number of ether oxygens (including phenoxy) is 1. The van der Waals surface area contributed by atoms with Crippen molar-refractivity contribution in [1.29, 1.82) is 0 Å². The van der Waals surface area contributed by atoms with Gasteiger partial charge in [0.1, 0.15) is 16.9 Å². The second-order valence-electron chi connectivity index (χ2n) is 7.13. The number of benzene rings is 2. The zero-order chi connectivity index (χ0) is 21.0. The molecule has 1 heterocycles. The van der Waals surface area contributed by atoms with Crippen molar-refractivity contribution >= 4 is 23.6 Å². The van der Waals surface area contributed by atoms with Gasteiger partial charge in [0.05, 0.1) is 12.9 Å². The first kappa shape index (κ1) is 21.2. The molecule has 2 aromatic carbocycles. The van der Waals surface area contributed by atoms with Gasteiger partial charge in [0.2, 0.25) is 5.91 Å². The summed E-state index contributed by atoms with van der Waals surface area (Å²) in [4.78, 5) is 28.8. The van der Waals surface area contributed by atoms with Crippen molar-refractivity contribution in [1.82, 2.24) is 9.80 Å². The van der Waals surface area contributed by atoms with Crippen LogP contribution in [0.5, 0.6) is 5.75 Å². The average Bonchev–Trinajstić information content (AvgIpc) is 3.08. The fraction of sp³-hybridized carbons (Fsp3) is 0.364. The molecule has 1 unspecified atom stereocenters. The van der Waals surface area contributed by atoms with E-state index in [-0.39, 0.29) is 23.2 Å². The maximum absolute atomic E-state index is 13.5. The van der Waals surface area contributed by atoms with Crippen molar-refractivity contribution in [2.45, 2.75) is 25.3 Å². The highest BCUT2D eigenvalue weighted by Gasteiger charge is 2.33. The maximum atomic E-state index is 13.5. The van der Waals surface area contributed by atoms with Crippen LogP contribution in [-0.4, -0.2) is 53.6 Å². The first-order valence-electron chi connectivity index (χ1n) is 9.52. The molecule has 2 amide bonds. The number of nitrogens with zero attached hydrogens (tertiary/aromatic N) is 2. The second kappa shape index (κ2) is 9.31. The molecule has 1 aliphatic rings. The number of rotatable bonds is 7. The number of hydrogen-bond donors (Lipinski definition) is 0. The molecule has 7 heteroatoms. The summed E-state index contributed by atoms with van der Waals surface area (Å²) in [5.74, 6) is 0.556. The van der Waals surface area contributed by atoms with E-state index in [0.717, 1.165) is 11.3 Å². The topological polar surface area (TPSA) is 49.9 Å².